The van der Waals surface area contributed by atoms with E-state index >= 15 is 0 Å². The zero-order valence-corrected chi connectivity index (χ0v) is 20.4. The molecule has 3 aromatic carbocycles. The van der Waals surface area contributed by atoms with Gasteiger partial charge in [-0.15, -0.1) is 0 Å². The summed E-state index contributed by atoms with van der Waals surface area (Å²) in [6.45, 7) is 10.4. The summed E-state index contributed by atoms with van der Waals surface area (Å²) in [7, 11) is -0.494. The van der Waals surface area contributed by atoms with E-state index in [1.165, 1.54) is 0 Å². The van der Waals surface area contributed by atoms with Crippen molar-refractivity contribution in [3.05, 3.63) is 90.5 Å². The molecule has 0 saturated carbocycles. The van der Waals surface area contributed by atoms with Gasteiger partial charge in [-0.2, -0.15) is 0 Å². The summed E-state index contributed by atoms with van der Waals surface area (Å²) in [6.07, 6.45) is 0. The Labute approximate surface area is 202 Å². The molecular weight excluding hydrogens is 419 g/mol. The van der Waals surface area contributed by atoms with E-state index in [1.54, 1.807) is 0 Å². The van der Waals surface area contributed by atoms with Crippen LogP contribution in [0.5, 0.6) is 0 Å². The molecule has 2 heterocycles. The van der Waals surface area contributed by atoms with Crippen LogP contribution < -0.4 is 5.46 Å². The topological polar surface area (TPSA) is 44.2 Å². The average molecular weight is 448 g/mol. The van der Waals surface area contributed by atoms with Crippen molar-refractivity contribution in [3.8, 4) is 33.9 Å². The van der Waals surface area contributed by atoms with Gasteiger partial charge in [0, 0.05) is 22.3 Å². The van der Waals surface area contributed by atoms with Gasteiger partial charge in [0.2, 0.25) is 0 Å². The van der Waals surface area contributed by atoms with Crippen LogP contribution in [-0.4, -0.2) is 28.3 Å². The Morgan fingerprint density at radius 1 is 0.618 bits per heavy atom. The van der Waals surface area contributed by atoms with E-state index in [2.05, 4.69) is 65.0 Å². The van der Waals surface area contributed by atoms with E-state index < -0.39 is 18.3 Å². The van der Waals surface area contributed by atoms with Crippen LogP contribution in [-0.2, 0) is 9.31 Å². The van der Waals surface area contributed by atoms with Crippen molar-refractivity contribution >= 4 is 12.6 Å². The van der Waals surface area contributed by atoms with Gasteiger partial charge < -0.3 is 9.31 Å². The maximum atomic E-state index is 6.39. The van der Waals surface area contributed by atoms with Gasteiger partial charge in [0.05, 0.1) is 22.6 Å². The van der Waals surface area contributed by atoms with E-state index in [-0.39, 0.29) is 0 Å². The van der Waals surface area contributed by atoms with Crippen molar-refractivity contribution in [1.82, 2.24) is 9.97 Å². The highest BCUT2D eigenvalue weighted by Crippen LogP contribution is 2.38. The Kier molecular flexibility index (Phi) is 5.63. The molecule has 1 aromatic heterocycles. The van der Waals surface area contributed by atoms with Crippen molar-refractivity contribution in [1.29, 1.82) is 0 Å². The zero-order chi connectivity index (χ0) is 23.9. The number of aromatic nitrogens is 2. The molecule has 1 aliphatic heterocycles. The van der Waals surface area contributed by atoms with E-state index in [0.717, 1.165) is 39.1 Å². The minimum absolute atomic E-state index is 0.427. The second-order valence-electron chi connectivity index (χ2n) is 9.78. The Hall–Kier alpha value is -3.28. The SMILES string of the molecule is Cc1c(-c2ccccc2)nc(-c2ccccc2B2OC(C)(C)C(C)(C)O2)nc1-c1ccccc1. The first kappa shape index (κ1) is 22.5. The highest BCUT2D eigenvalue weighted by atomic mass is 16.7. The molecule has 0 spiro atoms. The molecule has 0 atom stereocenters. The smallest absolute Gasteiger partial charge is 0.399 e. The van der Waals surface area contributed by atoms with E-state index in [1.807, 2.05) is 54.6 Å². The van der Waals surface area contributed by atoms with Crippen LogP contribution in [0.4, 0.5) is 0 Å². The molecule has 34 heavy (non-hydrogen) atoms. The van der Waals surface area contributed by atoms with Crippen molar-refractivity contribution < 1.29 is 9.31 Å². The van der Waals surface area contributed by atoms with E-state index in [9.17, 15) is 0 Å². The maximum absolute atomic E-state index is 6.39. The molecule has 0 unspecified atom stereocenters. The summed E-state index contributed by atoms with van der Waals surface area (Å²) in [6, 6.07) is 28.7. The van der Waals surface area contributed by atoms with Gasteiger partial charge >= 0.3 is 7.12 Å². The Morgan fingerprint density at radius 2 is 1.06 bits per heavy atom. The first-order valence-electron chi connectivity index (χ1n) is 11.7. The standard InChI is InChI=1S/C29H29BN2O2/c1-20-25(21-14-8-6-9-15-21)31-27(32-26(20)22-16-10-7-11-17-22)23-18-12-13-19-24(23)30-33-28(2,3)29(4,5)34-30/h6-19H,1-5H3. The molecule has 0 aliphatic carbocycles. The second-order valence-corrected chi connectivity index (χ2v) is 9.78. The highest BCUT2D eigenvalue weighted by Gasteiger charge is 2.52. The van der Waals surface area contributed by atoms with E-state index in [0.29, 0.717) is 5.82 Å². The molecule has 1 saturated heterocycles. The molecule has 5 heteroatoms. The molecule has 5 rings (SSSR count). The fourth-order valence-electron chi connectivity index (χ4n) is 4.27. The van der Waals surface area contributed by atoms with Gasteiger partial charge in [-0.05, 0) is 40.1 Å². The molecular formula is C29H29BN2O2. The first-order chi connectivity index (χ1) is 16.3. The lowest BCUT2D eigenvalue weighted by Crippen LogP contribution is -2.41. The summed E-state index contributed by atoms with van der Waals surface area (Å²) in [5, 5.41) is 0. The summed E-state index contributed by atoms with van der Waals surface area (Å²) >= 11 is 0. The lowest BCUT2D eigenvalue weighted by molar-refractivity contribution is 0.00578. The Balaban J connectivity index is 1.70. The number of hydrogen-bond donors (Lipinski definition) is 0. The highest BCUT2D eigenvalue weighted by molar-refractivity contribution is 6.63. The minimum Gasteiger partial charge on any atom is -0.399 e. The molecule has 4 nitrogen and oxygen atoms in total. The third-order valence-corrected chi connectivity index (χ3v) is 6.95. The van der Waals surface area contributed by atoms with Gasteiger partial charge in [-0.3, -0.25) is 0 Å². The lowest BCUT2D eigenvalue weighted by atomic mass is 9.75. The second kappa shape index (κ2) is 8.50. The van der Waals surface area contributed by atoms with Crippen molar-refractivity contribution in [2.75, 3.05) is 0 Å². The summed E-state index contributed by atoms with van der Waals surface area (Å²) < 4.78 is 12.8. The number of nitrogens with zero attached hydrogens (tertiary/aromatic N) is 2. The van der Waals surface area contributed by atoms with Crippen molar-refractivity contribution in [2.45, 2.75) is 45.8 Å². The number of benzene rings is 3. The summed E-state index contributed by atoms with van der Waals surface area (Å²) in [5.74, 6) is 0.661. The summed E-state index contributed by atoms with van der Waals surface area (Å²) in [4.78, 5) is 10.2. The van der Waals surface area contributed by atoms with Crippen LogP contribution in [0.25, 0.3) is 33.9 Å². The van der Waals surface area contributed by atoms with Crippen LogP contribution in [0.2, 0.25) is 0 Å². The van der Waals surface area contributed by atoms with Gasteiger partial charge in [0.15, 0.2) is 5.82 Å². The van der Waals surface area contributed by atoms with Crippen LogP contribution in [0.1, 0.15) is 33.3 Å². The minimum atomic E-state index is -0.494. The molecule has 0 amide bonds. The molecule has 4 aromatic rings. The zero-order valence-electron chi connectivity index (χ0n) is 20.4. The van der Waals surface area contributed by atoms with Gasteiger partial charge in [-0.25, -0.2) is 9.97 Å². The molecule has 0 radical (unpaired) electrons. The molecule has 0 bridgehead atoms. The predicted octanol–water partition coefficient (Wildman–Crippen LogP) is 6.09. The van der Waals surface area contributed by atoms with Crippen LogP contribution in [0.15, 0.2) is 84.9 Å². The summed E-state index contributed by atoms with van der Waals surface area (Å²) in [5.41, 5.74) is 6.02. The number of rotatable bonds is 4. The quantitative estimate of drug-likeness (QED) is 0.355. The van der Waals surface area contributed by atoms with Gasteiger partial charge in [0.1, 0.15) is 0 Å². The largest absolute Gasteiger partial charge is 0.495 e. The number of hydrogen-bond acceptors (Lipinski definition) is 4. The maximum Gasteiger partial charge on any atom is 0.495 e. The third kappa shape index (κ3) is 3.95. The lowest BCUT2D eigenvalue weighted by Gasteiger charge is -2.32. The first-order valence-corrected chi connectivity index (χ1v) is 11.7. The van der Waals surface area contributed by atoms with Gasteiger partial charge in [0.25, 0.3) is 0 Å². The third-order valence-electron chi connectivity index (χ3n) is 6.95. The predicted molar refractivity (Wildman–Crippen MR) is 139 cm³/mol. The van der Waals surface area contributed by atoms with Crippen LogP contribution >= 0.6 is 0 Å². The van der Waals surface area contributed by atoms with Gasteiger partial charge in [-0.1, -0.05) is 84.9 Å². The Bertz CT molecular complexity index is 1240. The molecule has 1 fully saturated rings. The van der Waals surface area contributed by atoms with E-state index in [4.69, 9.17) is 19.3 Å². The molecule has 1 aliphatic rings. The molecule has 170 valence electrons. The molecule has 0 N–H and O–H groups in total. The van der Waals surface area contributed by atoms with Crippen molar-refractivity contribution in [2.24, 2.45) is 0 Å². The van der Waals surface area contributed by atoms with Crippen molar-refractivity contribution in [3.63, 3.8) is 0 Å². The fourth-order valence-corrected chi connectivity index (χ4v) is 4.27. The average Bonchev–Trinajstić information content (AvgIpc) is 3.07. The van der Waals surface area contributed by atoms with Crippen LogP contribution in [0.3, 0.4) is 0 Å². The van der Waals surface area contributed by atoms with Crippen LogP contribution in [0, 0.1) is 6.92 Å². The monoisotopic (exact) mass is 448 g/mol. The fraction of sp³-hybridized carbons (Fsp3) is 0.241. The Morgan fingerprint density at radius 3 is 1.56 bits per heavy atom. The normalized spacial score (nSPS) is 16.6.